The van der Waals surface area contributed by atoms with Gasteiger partial charge in [-0.1, -0.05) is 24.3 Å². The quantitative estimate of drug-likeness (QED) is 0.821. The lowest BCUT2D eigenvalue weighted by Crippen LogP contribution is -2.34. The number of hydrogen-bond donors (Lipinski definition) is 2. The molecule has 150 valence electrons. The van der Waals surface area contributed by atoms with Crippen molar-refractivity contribution in [2.24, 2.45) is 5.92 Å². The molecule has 1 heterocycles. The monoisotopic (exact) mass is 391 g/mol. The molecule has 2 N–H and O–H groups in total. The number of rotatable bonds is 5. The summed E-state index contributed by atoms with van der Waals surface area (Å²) in [5, 5.41) is 6.13. The first-order valence-corrected chi connectivity index (χ1v) is 9.17. The van der Waals surface area contributed by atoms with Gasteiger partial charge in [0.15, 0.2) is 0 Å². The van der Waals surface area contributed by atoms with Crippen LogP contribution in [-0.2, 0) is 17.5 Å². The molecule has 7 heteroatoms. The Bertz CT molecular complexity index is 801. The van der Waals surface area contributed by atoms with E-state index < -0.39 is 11.7 Å². The third-order valence-corrected chi connectivity index (χ3v) is 5.14. The van der Waals surface area contributed by atoms with E-state index in [4.69, 9.17) is 0 Å². The van der Waals surface area contributed by atoms with Crippen LogP contribution in [0.1, 0.15) is 22.6 Å². The Labute approximate surface area is 162 Å². The minimum atomic E-state index is -4.36. The summed E-state index contributed by atoms with van der Waals surface area (Å²) in [7, 11) is 3.93. The SMILES string of the molecule is CN(C)c1ccc(CNC(=O)[C@H]2CNC[C@@H]2c2ccc(C(F)(F)F)cc2)cc1. The number of alkyl halides is 3. The summed E-state index contributed by atoms with van der Waals surface area (Å²) in [5.41, 5.74) is 2.14. The summed E-state index contributed by atoms with van der Waals surface area (Å²) in [6.07, 6.45) is -4.36. The first-order chi connectivity index (χ1) is 13.3. The first-order valence-electron chi connectivity index (χ1n) is 9.17. The van der Waals surface area contributed by atoms with Crippen LogP contribution in [-0.4, -0.2) is 33.1 Å². The summed E-state index contributed by atoms with van der Waals surface area (Å²) in [5.74, 6) is -0.539. The van der Waals surface area contributed by atoms with Crippen molar-refractivity contribution in [3.05, 3.63) is 65.2 Å². The molecule has 1 aliphatic rings. The van der Waals surface area contributed by atoms with Gasteiger partial charge < -0.3 is 15.5 Å². The van der Waals surface area contributed by atoms with Crippen LogP contribution in [0.25, 0.3) is 0 Å². The highest BCUT2D eigenvalue weighted by Crippen LogP contribution is 2.33. The van der Waals surface area contributed by atoms with E-state index >= 15 is 0 Å². The molecule has 0 spiro atoms. The predicted molar refractivity (Wildman–Crippen MR) is 103 cm³/mol. The van der Waals surface area contributed by atoms with Gasteiger partial charge in [0.1, 0.15) is 0 Å². The number of hydrogen-bond acceptors (Lipinski definition) is 3. The van der Waals surface area contributed by atoms with Gasteiger partial charge in [0.05, 0.1) is 11.5 Å². The zero-order valence-electron chi connectivity index (χ0n) is 15.9. The van der Waals surface area contributed by atoms with Gasteiger partial charge in [0, 0.05) is 45.3 Å². The fraction of sp³-hybridized carbons (Fsp3) is 0.381. The van der Waals surface area contributed by atoms with E-state index in [1.165, 1.54) is 12.1 Å². The van der Waals surface area contributed by atoms with Gasteiger partial charge in [-0.05, 0) is 35.4 Å². The molecule has 1 fully saturated rings. The maximum absolute atomic E-state index is 12.8. The van der Waals surface area contributed by atoms with Gasteiger partial charge in [-0.25, -0.2) is 0 Å². The molecule has 2 atom stereocenters. The van der Waals surface area contributed by atoms with E-state index in [1.54, 1.807) is 0 Å². The number of nitrogens with one attached hydrogen (secondary N) is 2. The topological polar surface area (TPSA) is 44.4 Å². The van der Waals surface area contributed by atoms with Crippen LogP contribution in [0.15, 0.2) is 48.5 Å². The number of anilines is 1. The average Bonchev–Trinajstić information content (AvgIpc) is 3.16. The molecule has 3 rings (SSSR count). The predicted octanol–water partition coefficient (Wildman–Crippen LogP) is 3.39. The van der Waals surface area contributed by atoms with E-state index in [0.717, 1.165) is 28.9 Å². The van der Waals surface area contributed by atoms with E-state index in [9.17, 15) is 18.0 Å². The lowest BCUT2D eigenvalue weighted by molar-refractivity contribution is -0.137. The molecule has 0 bridgehead atoms. The number of nitrogens with zero attached hydrogens (tertiary/aromatic N) is 1. The third kappa shape index (κ3) is 4.65. The van der Waals surface area contributed by atoms with E-state index in [-0.39, 0.29) is 17.7 Å². The van der Waals surface area contributed by atoms with E-state index in [0.29, 0.717) is 19.6 Å². The zero-order chi connectivity index (χ0) is 20.3. The van der Waals surface area contributed by atoms with Gasteiger partial charge in [-0.3, -0.25) is 4.79 Å². The second-order valence-electron chi connectivity index (χ2n) is 7.27. The van der Waals surface area contributed by atoms with Crippen molar-refractivity contribution in [2.45, 2.75) is 18.6 Å². The Morgan fingerprint density at radius 2 is 1.71 bits per heavy atom. The van der Waals surface area contributed by atoms with Gasteiger partial charge >= 0.3 is 6.18 Å². The second kappa shape index (κ2) is 8.22. The smallest absolute Gasteiger partial charge is 0.378 e. The average molecular weight is 391 g/mol. The molecular formula is C21H24F3N3O. The summed E-state index contributed by atoms with van der Waals surface area (Å²) < 4.78 is 38.3. The van der Waals surface area contributed by atoms with Crippen LogP contribution in [0.4, 0.5) is 18.9 Å². The van der Waals surface area contributed by atoms with E-state index in [2.05, 4.69) is 10.6 Å². The fourth-order valence-corrected chi connectivity index (χ4v) is 3.46. The van der Waals surface area contributed by atoms with Crippen molar-refractivity contribution >= 4 is 11.6 Å². The molecule has 0 radical (unpaired) electrons. The summed E-state index contributed by atoms with van der Waals surface area (Å²) in [6.45, 7) is 1.50. The molecule has 1 aliphatic heterocycles. The number of carbonyl (C=O) groups excluding carboxylic acids is 1. The molecule has 0 aromatic heterocycles. The minimum Gasteiger partial charge on any atom is -0.378 e. The van der Waals surface area contributed by atoms with Crippen molar-refractivity contribution < 1.29 is 18.0 Å². The highest BCUT2D eigenvalue weighted by atomic mass is 19.4. The standard InChI is InChI=1S/C21H24F3N3O/c1-27(2)17-9-3-14(4-10-17)11-26-20(28)19-13-25-12-18(19)15-5-7-16(8-6-15)21(22,23)24/h3-10,18-19,25H,11-13H2,1-2H3,(H,26,28)/t18-,19+/m1/s1. The Balaban J connectivity index is 1.62. The van der Waals surface area contributed by atoms with Crippen LogP contribution >= 0.6 is 0 Å². The van der Waals surface area contributed by atoms with Crippen molar-refractivity contribution in [2.75, 3.05) is 32.1 Å². The Hall–Kier alpha value is -2.54. The molecule has 0 saturated carbocycles. The van der Waals surface area contributed by atoms with Crippen molar-refractivity contribution in [3.63, 3.8) is 0 Å². The van der Waals surface area contributed by atoms with Crippen LogP contribution in [0.5, 0.6) is 0 Å². The van der Waals surface area contributed by atoms with Gasteiger partial charge in [-0.2, -0.15) is 13.2 Å². The second-order valence-corrected chi connectivity index (χ2v) is 7.27. The summed E-state index contributed by atoms with van der Waals surface area (Å²) in [6, 6.07) is 13.0. The maximum Gasteiger partial charge on any atom is 0.416 e. The normalized spacial score (nSPS) is 19.5. The maximum atomic E-state index is 12.8. The Kier molecular flexibility index (Phi) is 5.93. The van der Waals surface area contributed by atoms with Crippen LogP contribution in [0.2, 0.25) is 0 Å². The number of amides is 1. The fourth-order valence-electron chi connectivity index (χ4n) is 3.46. The van der Waals surface area contributed by atoms with Crippen molar-refractivity contribution in [3.8, 4) is 0 Å². The molecule has 4 nitrogen and oxygen atoms in total. The van der Waals surface area contributed by atoms with Crippen LogP contribution in [0.3, 0.4) is 0 Å². The molecule has 2 aromatic carbocycles. The van der Waals surface area contributed by atoms with Crippen LogP contribution < -0.4 is 15.5 Å². The third-order valence-electron chi connectivity index (χ3n) is 5.14. The number of carbonyl (C=O) groups is 1. The highest BCUT2D eigenvalue weighted by Gasteiger charge is 2.35. The summed E-state index contributed by atoms with van der Waals surface area (Å²) >= 11 is 0. The molecule has 2 aromatic rings. The molecular weight excluding hydrogens is 367 g/mol. The van der Waals surface area contributed by atoms with Gasteiger partial charge in [-0.15, -0.1) is 0 Å². The molecule has 0 aliphatic carbocycles. The Morgan fingerprint density at radius 3 is 2.29 bits per heavy atom. The number of halogens is 3. The first kappa shape index (κ1) is 20.2. The van der Waals surface area contributed by atoms with Gasteiger partial charge in [0.25, 0.3) is 0 Å². The van der Waals surface area contributed by atoms with Crippen LogP contribution in [0, 0.1) is 5.92 Å². The van der Waals surface area contributed by atoms with Crippen molar-refractivity contribution in [1.82, 2.24) is 10.6 Å². The molecule has 1 amide bonds. The lowest BCUT2D eigenvalue weighted by atomic mass is 9.88. The lowest BCUT2D eigenvalue weighted by Gasteiger charge is -2.19. The molecule has 1 saturated heterocycles. The zero-order valence-corrected chi connectivity index (χ0v) is 15.9. The van der Waals surface area contributed by atoms with E-state index in [1.807, 2.05) is 43.3 Å². The molecule has 28 heavy (non-hydrogen) atoms. The number of benzene rings is 2. The minimum absolute atomic E-state index is 0.0911. The largest absolute Gasteiger partial charge is 0.416 e. The summed E-state index contributed by atoms with van der Waals surface area (Å²) in [4.78, 5) is 14.7. The Morgan fingerprint density at radius 1 is 1.07 bits per heavy atom. The molecule has 0 unspecified atom stereocenters. The highest BCUT2D eigenvalue weighted by molar-refractivity contribution is 5.80. The van der Waals surface area contributed by atoms with Gasteiger partial charge in [0.2, 0.25) is 5.91 Å². The van der Waals surface area contributed by atoms with Crippen molar-refractivity contribution in [1.29, 1.82) is 0 Å².